The predicted octanol–water partition coefficient (Wildman–Crippen LogP) is 6.34. The summed E-state index contributed by atoms with van der Waals surface area (Å²) < 4.78 is 0. The number of fused-ring (bicyclic) bond motifs is 3. The highest BCUT2D eigenvalue weighted by Crippen LogP contribution is 2.53. The van der Waals surface area contributed by atoms with Crippen molar-refractivity contribution >= 4 is 11.4 Å². The van der Waals surface area contributed by atoms with Gasteiger partial charge in [0.25, 0.3) is 5.69 Å². The zero-order valence-electron chi connectivity index (χ0n) is 17.2. The van der Waals surface area contributed by atoms with Crippen LogP contribution in [-0.4, -0.2) is 4.92 Å². The van der Waals surface area contributed by atoms with Gasteiger partial charge in [-0.15, -0.1) is 0 Å². The van der Waals surface area contributed by atoms with Gasteiger partial charge in [-0.2, -0.15) is 0 Å². The molecule has 4 rings (SSSR count). The van der Waals surface area contributed by atoms with Gasteiger partial charge in [0, 0.05) is 12.0 Å². The van der Waals surface area contributed by atoms with E-state index in [1.165, 1.54) is 11.1 Å². The van der Waals surface area contributed by atoms with Gasteiger partial charge in [0.2, 0.25) is 0 Å². The normalized spacial score (nSPS) is 23.1. The first-order chi connectivity index (χ1) is 13.2. The fourth-order valence-corrected chi connectivity index (χ4v) is 4.74. The van der Waals surface area contributed by atoms with Crippen LogP contribution < -0.4 is 5.32 Å². The largest absolute Gasteiger partial charge is 0.372 e. The van der Waals surface area contributed by atoms with Crippen molar-refractivity contribution in [3.63, 3.8) is 0 Å². The highest BCUT2D eigenvalue weighted by molar-refractivity contribution is 5.74. The van der Waals surface area contributed by atoms with Crippen LogP contribution >= 0.6 is 0 Å². The summed E-state index contributed by atoms with van der Waals surface area (Å²) in [6, 6.07) is 10.5. The lowest BCUT2D eigenvalue weighted by molar-refractivity contribution is -0.384. The topological polar surface area (TPSA) is 55.2 Å². The molecule has 0 aromatic heterocycles. The highest BCUT2D eigenvalue weighted by Gasteiger charge is 2.41. The molecule has 1 aliphatic heterocycles. The van der Waals surface area contributed by atoms with Crippen molar-refractivity contribution in [1.82, 2.24) is 0 Å². The van der Waals surface area contributed by atoms with Crippen LogP contribution in [0.2, 0.25) is 0 Å². The van der Waals surface area contributed by atoms with Gasteiger partial charge in [-0.25, -0.2) is 0 Å². The molecule has 2 aliphatic rings. The Labute approximate surface area is 166 Å². The number of nitro benzene ring substituents is 1. The summed E-state index contributed by atoms with van der Waals surface area (Å²) in [5, 5.41) is 15.4. The molecule has 0 saturated carbocycles. The number of rotatable bonds is 2. The quantitative estimate of drug-likeness (QED) is 0.378. The second kappa shape index (κ2) is 6.47. The Morgan fingerprint density at radius 3 is 2.43 bits per heavy atom. The number of hydrogen-bond donors (Lipinski definition) is 1. The molecule has 1 N–H and O–H groups in total. The SMILES string of the molecule is Cc1cc([N+](=O)[O-])c2c(c1C)[C@@H]1C=CC[C@@H]1[C@@H](c1ccc(C(C)(C)C)cc1)N2. The molecule has 0 unspecified atom stereocenters. The standard InChI is InChI=1S/C24H28N2O2/c1-14-13-20(26(27)28)23-21(15(14)2)18-7-6-8-19(18)22(25-23)16-9-11-17(12-10-16)24(3,4)5/h6-7,9-13,18-19,22,25H,8H2,1-5H3/t18-,19+,22-/m1/s1. The number of benzene rings is 2. The van der Waals surface area contributed by atoms with Gasteiger partial charge < -0.3 is 5.32 Å². The van der Waals surface area contributed by atoms with Crippen LogP contribution in [0.25, 0.3) is 0 Å². The van der Waals surface area contributed by atoms with Gasteiger partial charge in [0.05, 0.1) is 11.0 Å². The van der Waals surface area contributed by atoms with Crippen LogP contribution in [0.3, 0.4) is 0 Å². The Kier molecular flexibility index (Phi) is 4.33. The van der Waals surface area contributed by atoms with Gasteiger partial charge in [-0.1, -0.05) is 57.2 Å². The van der Waals surface area contributed by atoms with Crippen molar-refractivity contribution in [3.05, 3.63) is 80.4 Å². The molecule has 0 radical (unpaired) electrons. The summed E-state index contributed by atoms with van der Waals surface area (Å²) in [6.45, 7) is 10.7. The van der Waals surface area contributed by atoms with Crippen molar-refractivity contribution in [2.45, 2.75) is 58.4 Å². The average molecular weight is 377 g/mol. The molecule has 3 atom stereocenters. The molecule has 0 amide bonds. The predicted molar refractivity (Wildman–Crippen MR) is 114 cm³/mol. The second-order valence-electron chi connectivity index (χ2n) is 9.23. The zero-order chi connectivity index (χ0) is 20.2. The Morgan fingerprint density at radius 1 is 1.14 bits per heavy atom. The number of nitro groups is 1. The minimum atomic E-state index is -0.253. The van der Waals surface area contributed by atoms with Crippen molar-refractivity contribution in [2.24, 2.45) is 5.92 Å². The first-order valence-electron chi connectivity index (χ1n) is 10.0. The third-order valence-electron chi connectivity index (χ3n) is 6.48. The Hall–Kier alpha value is -2.62. The average Bonchev–Trinajstić information content (AvgIpc) is 3.12. The maximum atomic E-state index is 11.8. The maximum absolute atomic E-state index is 11.8. The lowest BCUT2D eigenvalue weighted by Gasteiger charge is -2.38. The number of nitrogens with zero attached hydrogens (tertiary/aromatic N) is 1. The lowest BCUT2D eigenvalue weighted by Crippen LogP contribution is -2.30. The molecular weight excluding hydrogens is 348 g/mol. The summed E-state index contributed by atoms with van der Waals surface area (Å²) in [6.07, 6.45) is 5.47. The molecule has 1 aliphatic carbocycles. The van der Waals surface area contributed by atoms with Crippen molar-refractivity contribution in [3.8, 4) is 0 Å². The van der Waals surface area contributed by atoms with Gasteiger partial charge >= 0.3 is 0 Å². The van der Waals surface area contributed by atoms with Crippen molar-refractivity contribution in [2.75, 3.05) is 5.32 Å². The maximum Gasteiger partial charge on any atom is 0.292 e. The molecule has 2 aromatic carbocycles. The van der Waals surface area contributed by atoms with Gasteiger partial charge in [0.1, 0.15) is 5.69 Å². The summed E-state index contributed by atoms with van der Waals surface area (Å²) >= 11 is 0. The molecule has 0 bridgehead atoms. The summed E-state index contributed by atoms with van der Waals surface area (Å²) in [7, 11) is 0. The van der Waals surface area contributed by atoms with E-state index in [2.05, 4.69) is 69.4 Å². The van der Waals surface area contributed by atoms with Crippen molar-refractivity contribution in [1.29, 1.82) is 0 Å². The summed E-state index contributed by atoms with van der Waals surface area (Å²) in [4.78, 5) is 11.5. The van der Waals surface area contributed by atoms with E-state index in [1.54, 1.807) is 6.07 Å². The first-order valence-corrected chi connectivity index (χ1v) is 10.0. The molecule has 2 aromatic rings. The van der Waals surface area contributed by atoms with E-state index in [9.17, 15) is 10.1 Å². The molecular formula is C24H28N2O2. The highest BCUT2D eigenvalue weighted by atomic mass is 16.6. The fraction of sp³-hybridized carbons (Fsp3) is 0.417. The first kappa shape index (κ1) is 18.7. The number of nitrogens with one attached hydrogen (secondary N) is 1. The molecule has 0 spiro atoms. The minimum absolute atomic E-state index is 0.0716. The van der Waals surface area contributed by atoms with E-state index in [4.69, 9.17) is 0 Å². The summed E-state index contributed by atoms with van der Waals surface area (Å²) in [5.74, 6) is 0.607. The molecule has 0 fully saturated rings. The third-order valence-corrected chi connectivity index (χ3v) is 6.48. The molecule has 146 valence electrons. The van der Waals surface area contributed by atoms with Gasteiger partial charge in [-0.05, 0) is 59.4 Å². The fourth-order valence-electron chi connectivity index (χ4n) is 4.74. The lowest BCUT2D eigenvalue weighted by atomic mass is 9.74. The molecule has 4 nitrogen and oxygen atoms in total. The molecule has 28 heavy (non-hydrogen) atoms. The van der Waals surface area contributed by atoms with Crippen LogP contribution in [0.5, 0.6) is 0 Å². The van der Waals surface area contributed by atoms with Crippen LogP contribution in [0.15, 0.2) is 42.5 Å². The number of allylic oxidation sites excluding steroid dienone is 2. The van der Waals surface area contributed by atoms with E-state index >= 15 is 0 Å². The second-order valence-corrected chi connectivity index (χ2v) is 9.23. The van der Waals surface area contributed by atoms with Crippen LogP contribution in [0.1, 0.15) is 67.0 Å². The van der Waals surface area contributed by atoms with Crippen LogP contribution in [-0.2, 0) is 5.41 Å². The molecule has 4 heteroatoms. The van der Waals surface area contributed by atoms with E-state index in [-0.39, 0.29) is 28.0 Å². The Morgan fingerprint density at radius 2 is 1.82 bits per heavy atom. The number of aryl methyl sites for hydroxylation is 1. The third kappa shape index (κ3) is 2.92. The van der Waals surface area contributed by atoms with Crippen LogP contribution in [0, 0.1) is 29.9 Å². The van der Waals surface area contributed by atoms with E-state index in [0.29, 0.717) is 11.6 Å². The monoisotopic (exact) mass is 376 g/mol. The Bertz CT molecular complexity index is 968. The zero-order valence-corrected chi connectivity index (χ0v) is 17.2. The summed E-state index contributed by atoms with van der Waals surface area (Å²) in [5.41, 5.74) is 6.74. The van der Waals surface area contributed by atoms with E-state index in [1.807, 2.05) is 6.92 Å². The van der Waals surface area contributed by atoms with Crippen LogP contribution in [0.4, 0.5) is 11.4 Å². The van der Waals surface area contributed by atoms with Crippen molar-refractivity contribution < 1.29 is 4.92 Å². The van der Waals surface area contributed by atoms with Gasteiger partial charge in [-0.3, -0.25) is 10.1 Å². The molecule has 0 saturated heterocycles. The number of hydrogen-bond acceptors (Lipinski definition) is 3. The number of anilines is 1. The smallest absolute Gasteiger partial charge is 0.292 e. The van der Waals surface area contributed by atoms with E-state index in [0.717, 1.165) is 23.1 Å². The Balaban J connectivity index is 1.82. The van der Waals surface area contributed by atoms with E-state index < -0.39 is 0 Å². The molecule has 1 heterocycles. The van der Waals surface area contributed by atoms with Gasteiger partial charge in [0.15, 0.2) is 0 Å². The minimum Gasteiger partial charge on any atom is -0.372 e.